The van der Waals surface area contributed by atoms with Crippen LogP contribution in [0, 0.1) is 0 Å². The van der Waals surface area contributed by atoms with E-state index in [2.05, 4.69) is 6.92 Å². The van der Waals surface area contributed by atoms with E-state index < -0.39 is 0 Å². The lowest BCUT2D eigenvalue weighted by molar-refractivity contribution is 0.128. The van der Waals surface area contributed by atoms with Crippen molar-refractivity contribution in [3.63, 3.8) is 0 Å². The molecule has 0 aromatic rings. The van der Waals surface area contributed by atoms with Crippen LogP contribution >= 0.6 is 0 Å². The highest BCUT2D eigenvalue weighted by molar-refractivity contribution is 4.43. The molecule has 0 bridgehead atoms. The number of hydrogen-bond acceptors (Lipinski definition) is 1. The quantitative estimate of drug-likeness (QED) is 0.481. The zero-order valence-corrected chi connectivity index (χ0v) is 8.93. The number of nitrogens with zero attached hydrogens (tertiary/aromatic N) is 1. The summed E-state index contributed by atoms with van der Waals surface area (Å²) < 4.78 is 5.32. The Labute approximate surface area is 82.8 Å². The highest BCUT2D eigenvalue weighted by Crippen LogP contribution is 2.04. The fourth-order valence-electron chi connectivity index (χ4n) is 1.25. The zero-order valence-electron chi connectivity index (χ0n) is 8.93. The maximum Gasteiger partial charge on any atom is 0.0479 e. The average Bonchev–Trinajstić information content (AvgIpc) is 2.16. The van der Waals surface area contributed by atoms with Gasteiger partial charge in [-0.15, -0.1) is 5.73 Å². The highest BCUT2D eigenvalue weighted by atomic mass is 16.5. The van der Waals surface area contributed by atoms with Crippen molar-refractivity contribution in [2.75, 3.05) is 19.8 Å². The van der Waals surface area contributed by atoms with Crippen LogP contribution in [0.1, 0.15) is 51.9 Å². The van der Waals surface area contributed by atoms with E-state index in [1.165, 1.54) is 38.5 Å². The van der Waals surface area contributed by atoms with Gasteiger partial charge in [0.2, 0.25) is 0 Å². The lowest BCUT2D eigenvalue weighted by Crippen LogP contribution is -1.99. The second-order valence-electron chi connectivity index (χ2n) is 3.46. The Hall–Kier alpha value is -0.0800. The first kappa shape index (κ1) is 12.9. The first-order valence-corrected chi connectivity index (χ1v) is 5.60. The molecule has 0 atom stereocenters. The van der Waals surface area contributed by atoms with E-state index in [4.69, 9.17) is 10.5 Å². The van der Waals surface area contributed by atoms with E-state index in [-0.39, 0.29) is 6.54 Å². The maximum atomic E-state index is 8.49. The van der Waals surface area contributed by atoms with Crippen molar-refractivity contribution in [1.82, 2.24) is 5.73 Å². The van der Waals surface area contributed by atoms with Crippen LogP contribution < -0.4 is 5.73 Å². The van der Waals surface area contributed by atoms with Crippen LogP contribution in [0.25, 0.3) is 0 Å². The standard InChI is InChI=1S/C11H23NO/c1-2-3-4-5-6-7-10-13-11-8-9-12/h2-11H2,1H3. The molecule has 0 spiro atoms. The van der Waals surface area contributed by atoms with E-state index in [1.54, 1.807) is 0 Å². The monoisotopic (exact) mass is 185 g/mol. The maximum absolute atomic E-state index is 8.49. The minimum Gasteiger partial charge on any atom is -0.381 e. The van der Waals surface area contributed by atoms with Gasteiger partial charge in [-0.25, -0.2) is 0 Å². The second kappa shape index (κ2) is 11.9. The SMILES string of the molecule is CCCCCCCCOCCC[N]. The summed E-state index contributed by atoms with van der Waals surface area (Å²) in [5.74, 6) is 0. The average molecular weight is 185 g/mol. The molecule has 0 aliphatic heterocycles. The van der Waals surface area contributed by atoms with Gasteiger partial charge < -0.3 is 4.74 Å². The molecular formula is C11H23NO. The summed E-state index contributed by atoms with van der Waals surface area (Å²) in [6.07, 6.45) is 8.63. The molecule has 0 aromatic carbocycles. The van der Waals surface area contributed by atoms with E-state index in [0.717, 1.165) is 13.0 Å². The number of unbranched alkanes of at least 4 members (excludes halogenated alkanes) is 5. The van der Waals surface area contributed by atoms with Gasteiger partial charge in [-0.05, 0) is 12.8 Å². The summed E-state index contributed by atoms with van der Waals surface area (Å²) in [6, 6.07) is 0. The molecule has 0 aliphatic carbocycles. The first-order chi connectivity index (χ1) is 6.41. The molecule has 0 unspecified atom stereocenters. The lowest BCUT2D eigenvalue weighted by atomic mass is 10.1. The van der Waals surface area contributed by atoms with Crippen LogP contribution in [-0.4, -0.2) is 19.8 Å². The predicted octanol–water partition coefficient (Wildman–Crippen LogP) is 2.82. The molecule has 0 aliphatic rings. The van der Waals surface area contributed by atoms with Crippen molar-refractivity contribution in [2.45, 2.75) is 51.9 Å². The molecule has 0 saturated heterocycles. The van der Waals surface area contributed by atoms with Gasteiger partial charge in [-0.2, -0.15) is 0 Å². The van der Waals surface area contributed by atoms with E-state index >= 15 is 0 Å². The topological polar surface area (TPSA) is 31.5 Å². The van der Waals surface area contributed by atoms with Crippen LogP contribution in [0.4, 0.5) is 0 Å². The van der Waals surface area contributed by atoms with Crippen LogP contribution in [-0.2, 0) is 4.74 Å². The Kier molecular flexibility index (Phi) is 11.8. The zero-order chi connectivity index (χ0) is 9.78. The van der Waals surface area contributed by atoms with Crippen molar-refractivity contribution in [2.24, 2.45) is 0 Å². The molecule has 0 rings (SSSR count). The largest absolute Gasteiger partial charge is 0.381 e. The second-order valence-corrected chi connectivity index (χ2v) is 3.46. The summed E-state index contributed by atoms with van der Waals surface area (Å²) in [5.41, 5.74) is 8.49. The Morgan fingerprint density at radius 2 is 1.46 bits per heavy atom. The van der Waals surface area contributed by atoms with Crippen LogP contribution in [0.2, 0.25) is 0 Å². The number of rotatable bonds is 10. The van der Waals surface area contributed by atoms with Gasteiger partial charge in [0.05, 0.1) is 0 Å². The van der Waals surface area contributed by atoms with E-state index in [9.17, 15) is 0 Å². The first-order valence-electron chi connectivity index (χ1n) is 5.60. The van der Waals surface area contributed by atoms with Crippen molar-refractivity contribution in [3.8, 4) is 0 Å². The molecule has 0 heterocycles. The van der Waals surface area contributed by atoms with Gasteiger partial charge in [0, 0.05) is 19.8 Å². The van der Waals surface area contributed by atoms with Crippen molar-refractivity contribution in [1.29, 1.82) is 0 Å². The van der Waals surface area contributed by atoms with Gasteiger partial charge in [0.15, 0.2) is 0 Å². The molecular weight excluding hydrogens is 162 g/mol. The fraction of sp³-hybridized carbons (Fsp3) is 1.00. The number of ether oxygens (including phenoxy) is 1. The molecule has 0 aromatic heterocycles. The van der Waals surface area contributed by atoms with E-state index in [0.29, 0.717) is 6.61 Å². The Bertz CT molecular complexity index is 76.2. The highest BCUT2D eigenvalue weighted by Gasteiger charge is 1.90. The van der Waals surface area contributed by atoms with Gasteiger partial charge in [-0.1, -0.05) is 39.0 Å². The van der Waals surface area contributed by atoms with Crippen LogP contribution in [0.15, 0.2) is 0 Å². The molecule has 2 radical (unpaired) electrons. The molecule has 0 amide bonds. The predicted molar refractivity (Wildman–Crippen MR) is 55.8 cm³/mol. The van der Waals surface area contributed by atoms with Gasteiger partial charge in [0.25, 0.3) is 0 Å². The Balaban J connectivity index is 2.76. The van der Waals surface area contributed by atoms with Crippen molar-refractivity contribution >= 4 is 0 Å². The molecule has 78 valence electrons. The third-order valence-corrected chi connectivity index (χ3v) is 2.09. The summed E-state index contributed by atoms with van der Waals surface area (Å²) >= 11 is 0. The smallest absolute Gasteiger partial charge is 0.0479 e. The van der Waals surface area contributed by atoms with Gasteiger partial charge in [-0.3, -0.25) is 0 Å². The minimum atomic E-state index is 0.247. The Morgan fingerprint density at radius 1 is 0.846 bits per heavy atom. The summed E-state index contributed by atoms with van der Waals surface area (Å²) in [7, 11) is 0. The van der Waals surface area contributed by atoms with E-state index in [1.807, 2.05) is 0 Å². The Morgan fingerprint density at radius 3 is 2.15 bits per heavy atom. The van der Waals surface area contributed by atoms with Crippen molar-refractivity contribution in [3.05, 3.63) is 0 Å². The van der Waals surface area contributed by atoms with Crippen LogP contribution in [0.5, 0.6) is 0 Å². The normalized spacial score (nSPS) is 10.6. The molecule has 2 nitrogen and oxygen atoms in total. The molecule has 13 heavy (non-hydrogen) atoms. The van der Waals surface area contributed by atoms with Crippen LogP contribution in [0.3, 0.4) is 0 Å². The van der Waals surface area contributed by atoms with Gasteiger partial charge >= 0.3 is 0 Å². The minimum absolute atomic E-state index is 0.247. The number of hydrogen-bond donors (Lipinski definition) is 0. The molecule has 0 N–H and O–H groups in total. The van der Waals surface area contributed by atoms with Gasteiger partial charge in [0.1, 0.15) is 0 Å². The third kappa shape index (κ3) is 11.9. The summed E-state index contributed by atoms with van der Waals surface area (Å²) in [6.45, 7) is 4.06. The molecule has 0 saturated carbocycles. The fourth-order valence-corrected chi connectivity index (χ4v) is 1.25. The third-order valence-electron chi connectivity index (χ3n) is 2.09. The van der Waals surface area contributed by atoms with Crippen molar-refractivity contribution < 1.29 is 4.74 Å². The molecule has 2 heteroatoms. The molecule has 0 fully saturated rings. The lowest BCUT2D eigenvalue weighted by Gasteiger charge is -2.02. The summed E-state index contributed by atoms with van der Waals surface area (Å²) in [4.78, 5) is 0. The summed E-state index contributed by atoms with van der Waals surface area (Å²) in [5, 5.41) is 0.